The summed E-state index contributed by atoms with van der Waals surface area (Å²) in [7, 11) is 0. The zero-order valence-electron chi connectivity index (χ0n) is 15.7. The summed E-state index contributed by atoms with van der Waals surface area (Å²) < 4.78 is 1.48. The lowest BCUT2D eigenvalue weighted by atomic mass is 9.97. The van der Waals surface area contributed by atoms with Gasteiger partial charge < -0.3 is 0 Å². The van der Waals surface area contributed by atoms with Crippen molar-refractivity contribution in [2.24, 2.45) is 5.10 Å². The van der Waals surface area contributed by atoms with Gasteiger partial charge in [-0.15, -0.1) is 11.3 Å². The SMILES string of the molecule is CCc1nc2sc3c(c2c(=O)n1/N=C/c1cccc2cccnc12)CCCC3. The van der Waals surface area contributed by atoms with E-state index in [1.54, 1.807) is 23.7 Å². The molecular formula is C22H20N4OS. The van der Waals surface area contributed by atoms with Crippen molar-refractivity contribution in [1.29, 1.82) is 0 Å². The summed E-state index contributed by atoms with van der Waals surface area (Å²) in [5.41, 5.74) is 2.91. The number of hydrogen-bond acceptors (Lipinski definition) is 5. The number of para-hydroxylation sites is 1. The van der Waals surface area contributed by atoms with Crippen molar-refractivity contribution < 1.29 is 0 Å². The molecule has 1 aliphatic rings. The van der Waals surface area contributed by atoms with Gasteiger partial charge in [-0.05, 0) is 37.3 Å². The lowest BCUT2D eigenvalue weighted by Crippen LogP contribution is -2.22. The van der Waals surface area contributed by atoms with Crippen LogP contribution >= 0.6 is 11.3 Å². The Labute approximate surface area is 166 Å². The monoisotopic (exact) mass is 388 g/mol. The molecule has 0 atom stereocenters. The van der Waals surface area contributed by atoms with Crippen molar-refractivity contribution in [2.45, 2.75) is 39.0 Å². The topological polar surface area (TPSA) is 60.1 Å². The number of thiophene rings is 1. The fraction of sp³-hybridized carbons (Fsp3) is 0.273. The second-order valence-corrected chi connectivity index (χ2v) is 8.14. The summed E-state index contributed by atoms with van der Waals surface area (Å²) in [6.45, 7) is 2.01. The van der Waals surface area contributed by atoms with Gasteiger partial charge in [0.2, 0.25) is 0 Å². The minimum Gasteiger partial charge on any atom is -0.267 e. The van der Waals surface area contributed by atoms with Crippen LogP contribution in [0.5, 0.6) is 0 Å². The molecule has 3 aromatic heterocycles. The molecule has 6 heteroatoms. The highest BCUT2D eigenvalue weighted by Crippen LogP contribution is 2.33. The number of aromatic nitrogens is 3. The second-order valence-electron chi connectivity index (χ2n) is 7.06. The summed E-state index contributed by atoms with van der Waals surface area (Å²) in [6, 6.07) is 9.91. The van der Waals surface area contributed by atoms with Gasteiger partial charge in [0.05, 0.1) is 17.1 Å². The zero-order valence-corrected chi connectivity index (χ0v) is 16.5. The van der Waals surface area contributed by atoms with Crippen LogP contribution in [-0.2, 0) is 19.3 Å². The van der Waals surface area contributed by atoms with Crippen LogP contribution in [-0.4, -0.2) is 20.9 Å². The van der Waals surface area contributed by atoms with E-state index in [1.807, 2.05) is 37.3 Å². The first-order valence-electron chi connectivity index (χ1n) is 9.70. The Hall–Kier alpha value is -2.86. The molecule has 4 aromatic rings. The molecule has 0 bridgehead atoms. The summed E-state index contributed by atoms with van der Waals surface area (Å²) in [6.07, 6.45) is 8.51. The van der Waals surface area contributed by atoms with Gasteiger partial charge in [0.25, 0.3) is 5.56 Å². The minimum atomic E-state index is -0.0503. The molecule has 5 rings (SSSR count). The third-order valence-corrected chi connectivity index (χ3v) is 6.51. The van der Waals surface area contributed by atoms with Crippen molar-refractivity contribution in [3.63, 3.8) is 0 Å². The van der Waals surface area contributed by atoms with E-state index < -0.39 is 0 Å². The first-order chi connectivity index (χ1) is 13.8. The Balaban J connectivity index is 1.68. The Morgan fingerprint density at radius 2 is 2.07 bits per heavy atom. The molecule has 0 aliphatic heterocycles. The molecule has 3 heterocycles. The van der Waals surface area contributed by atoms with E-state index in [4.69, 9.17) is 4.98 Å². The van der Waals surface area contributed by atoms with Crippen molar-refractivity contribution in [3.8, 4) is 0 Å². The Kier molecular flexibility index (Phi) is 4.28. The molecule has 0 fully saturated rings. The molecule has 0 saturated carbocycles. The van der Waals surface area contributed by atoms with Gasteiger partial charge in [-0.25, -0.2) is 4.98 Å². The average molecular weight is 388 g/mol. The number of hydrogen-bond donors (Lipinski definition) is 0. The largest absolute Gasteiger partial charge is 0.283 e. The van der Waals surface area contributed by atoms with Gasteiger partial charge in [-0.3, -0.25) is 9.78 Å². The van der Waals surface area contributed by atoms with Crippen LogP contribution in [0, 0.1) is 0 Å². The van der Waals surface area contributed by atoms with Crippen LogP contribution in [0.1, 0.15) is 41.6 Å². The standard InChI is InChI=1S/C22H20N4OS/c1-2-18-25-21-19(16-10-3-4-11-17(16)28-21)22(27)26(18)24-13-15-8-5-7-14-9-6-12-23-20(14)15/h5-9,12-13H,2-4,10-11H2,1H3/b24-13+. The normalized spacial score (nSPS) is 14.2. The summed E-state index contributed by atoms with van der Waals surface area (Å²) in [5.74, 6) is 0.695. The van der Waals surface area contributed by atoms with Crippen molar-refractivity contribution in [2.75, 3.05) is 0 Å². The van der Waals surface area contributed by atoms with Crippen molar-refractivity contribution in [1.82, 2.24) is 14.6 Å². The molecule has 1 aliphatic carbocycles. The van der Waals surface area contributed by atoms with Gasteiger partial charge in [0, 0.05) is 28.4 Å². The quantitative estimate of drug-likeness (QED) is 0.491. The molecule has 140 valence electrons. The van der Waals surface area contributed by atoms with Gasteiger partial charge in [0.15, 0.2) is 0 Å². The van der Waals surface area contributed by atoms with E-state index >= 15 is 0 Å². The first kappa shape index (κ1) is 17.3. The molecule has 28 heavy (non-hydrogen) atoms. The highest BCUT2D eigenvalue weighted by molar-refractivity contribution is 7.18. The summed E-state index contributed by atoms with van der Waals surface area (Å²) >= 11 is 1.68. The van der Waals surface area contributed by atoms with E-state index in [-0.39, 0.29) is 5.56 Å². The molecule has 0 spiro atoms. The molecule has 0 radical (unpaired) electrons. The number of nitrogens with zero attached hydrogens (tertiary/aromatic N) is 4. The number of rotatable bonds is 3. The maximum absolute atomic E-state index is 13.3. The molecular weight excluding hydrogens is 368 g/mol. The maximum atomic E-state index is 13.3. The summed E-state index contributed by atoms with van der Waals surface area (Å²) in [4.78, 5) is 24.8. The number of fused-ring (bicyclic) bond motifs is 4. The maximum Gasteiger partial charge on any atom is 0.283 e. The van der Waals surface area contributed by atoms with E-state index in [1.165, 1.54) is 21.5 Å². The predicted octanol–water partition coefficient (Wildman–Crippen LogP) is 4.33. The van der Waals surface area contributed by atoms with Gasteiger partial charge in [-0.2, -0.15) is 9.78 Å². The fourth-order valence-corrected chi connectivity index (χ4v) is 5.21. The first-order valence-corrected chi connectivity index (χ1v) is 10.5. The molecule has 0 unspecified atom stereocenters. The fourth-order valence-electron chi connectivity index (χ4n) is 3.94. The number of benzene rings is 1. The predicted molar refractivity (Wildman–Crippen MR) is 115 cm³/mol. The molecule has 1 aromatic carbocycles. The molecule has 5 nitrogen and oxygen atoms in total. The lowest BCUT2D eigenvalue weighted by Gasteiger charge is -2.10. The van der Waals surface area contributed by atoms with Gasteiger partial charge in [-0.1, -0.05) is 31.2 Å². The Morgan fingerprint density at radius 1 is 1.21 bits per heavy atom. The zero-order chi connectivity index (χ0) is 19.1. The van der Waals surface area contributed by atoms with Crippen molar-refractivity contribution >= 4 is 38.7 Å². The summed E-state index contributed by atoms with van der Waals surface area (Å²) in [5, 5.41) is 6.38. The number of pyridine rings is 1. The van der Waals surface area contributed by atoms with E-state index in [2.05, 4.69) is 10.1 Å². The number of aryl methyl sites for hydroxylation is 3. The van der Waals surface area contributed by atoms with Crippen LogP contribution in [0.2, 0.25) is 0 Å². The molecule has 0 N–H and O–H groups in total. The second kappa shape index (κ2) is 6.95. The lowest BCUT2D eigenvalue weighted by molar-refractivity contribution is 0.696. The third-order valence-electron chi connectivity index (χ3n) is 5.33. The van der Waals surface area contributed by atoms with Crippen LogP contribution in [0.4, 0.5) is 0 Å². The highest BCUT2D eigenvalue weighted by Gasteiger charge is 2.21. The van der Waals surface area contributed by atoms with Crippen molar-refractivity contribution in [3.05, 3.63) is 68.7 Å². The van der Waals surface area contributed by atoms with Crippen LogP contribution < -0.4 is 5.56 Å². The molecule has 0 amide bonds. The van der Waals surface area contributed by atoms with E-state index in [0.717, 1.165) is 45.9 Å². The van der Waals surface area contributed by atoms with Crippen LogP contribution in [0.15, 0.2) is 46.4 Å². The smallest absolute Gasteiger partial charge is 0.267 e. The third kappa shape index (κ3) is 2.76. The van der Waals surface area contributed by atoms with Gasteiger partial charge in [0.1, 0.15) is 10.7 Å². The molecule has 0 saturated heterocycles. The Morgan fingerprint density at radius 3 is 2.96 bits per heavy atom. The van der Waals surface area contributed by atoms with Crippen LogP contribution in [0.3, 0.4) is 0 Å². The Bertz CT molecular complexity index is 1280. The minimum absolute atomic E-state index is 0.0503. The van der Waals surface area contributed by atoms with Gasteiger partial charge >= 0.3 is 0 Å². The van der Waals surface area contributed by atoms with Crippen LogP contribution in [0.25, 0.3) is 21.1 Å². The van der Waals surface area contributed by atoms with E-state index in [0.29, 0.717) is 12.2 Å². The average Bonchev–Trinajstić information content (AvgIpc) is 3.11. The van der Waals surface area contributed by atoms with E-state index in [9.17, 15) is 4.79 Å². The highest BCUT2D eigenvalue weighted by atomic mass is 32.1.